The van der Waals surface area contributed by atoms with Gasteiger partial charge in [-0.3, -0.25) is 0 Å². The van der Waals surface area contributed by atoms with Crippen molar-refractivity contribution in [1.82, 2.24) is 14.9 Å². The number of rotatable bonds is 3. The molecule has 3 nitrogen and oxygen atoms in total. The topological polar surface area (TPSA) is 29.9 Å². The molecule has 0 radical (unpaired) electrons. The molecular weight excluding hydrogens is 278 g/mol. The van der Waals surface area contributed by atoms with Crippen LogP contribution in [0.5, 0.6) is 0 Å². The molecule has 21 heavy (non-hydrogen) atoms. The highest BCUT2D eigenvalue weighted by Gasteiger charge is 2.31. The molecule has 0 saturated heterocycles. The lowest BCUT2D eigenvalue weighted by Crippen LogP contribution is -2.37. The Morgan fingerprint density at radius 1 is 1.19 bits per heavy atom. The van der Waals surface area contributed by atoms with E-state index in [2.05, 4.69) is 45.3 Å². The molecule has 0 amide bonds. The zero-order chi connectivity index (χ0) is 14.1. The van der Waals surface area contributed by atoms with E-state index in [4.69, 9.17) is 0 Å². The van der Waals surface area contributed by atoms with Gasteiger partial charge >= 0.3 is 0 Å². The lowest BCUT2D eigenvalue weighted by Gasteiger charge is -2.31. The fourth-order valence-electron chi connectivity index (χ4n) is 3.73. The fraction of sp³-hybridized carbons (Fsp3) is 0.471. The summed E-state index contributed by atoms with van der Waals surface area (Å²) in [5.41, 5.74) is 1.49. The first-order chi connectivity index (χ1) is 10.4. The highest BCUT2D eigenvalue weighted by atomic mass is 32.2. The van der Waals surface area contributed by atoms with Crippen molar-refractivity contribution in [3.05, 3.63) is 48.5 Å². The van der Waals surface area contributed by atoms with Gasteiger partial charge < -0.3 is 9.88 Å². The average molecular weight is 299 g/mol. The van der Waals surface area contributed by atoms with Crippen molar-refractivity contribution in [3.63, 3.8) is 0 Å². The molecule has 2 aromatic rings. The predicted molar refractivity (Wildman–Crippen MR) is 86.6 cm³/mol. The molecule has 1 aromatic carbocycles. The van der Waals surface area contributed by atoms with E-state index in [0.717, 1.165) is 0 Å². The number of thioether (sulfide) groups is 1. The van der Waals surface area contributed by atoms with Crippen molar-refractivity contribution >= 4 is 11.8 Å². The summed E-state index contributed by atoms with van der Waals surface area (Å²) in [5, 5.41) is 3.95. The van der Waals surface area contributed by atoms with Crippen molar-refractivity contribution in [1.29, 1.82) is 0 Å². The third-order valence-corrected chi connectivity index (χ3v) is 5.88. The minimum Gasteiger partial charge on any atom is -0.333 e. The van der Waals surface area contributed by atoms with Crippen molar-refractivity contribution < 1.29 is 0 Å². The SMILES string of the molecule is c1ccc2c(c1)SCCC2NC1CCCC1n1ccnc1. The van der Waals surface area contributed by atoms with Crippen LogP contribution in [0.15, 0.2) is 47.9 Å². The average Bonchev–Trinajstić information content (AvgIpc) is 3.18. The van der Waals surface area contributed by atoms with E-state index >= 15 is 0 Å². The Hall–Kier alpha value is -1.26. The second-order valence-corrected chi connectivity index (χ2v) is 7.15. The van der Waals surface area contributed by atoms with Crippen LogP contribution in [0.1, 0.15) is 43.3 Å². The number of hydrogen-bond donors (Lipinski definition) is 1. The zero-order valence-corrected chi connectivity index (χ0v) is 12.9. The van der Waals surface area contributed by atoms with E-state index in [-0.39, 0.29) is 0 Å². The first kappa shape index (κ1) is 13.4. The summed E-state index contributed by atoms with van der Waals surface area (Å²) in [6, 6.07) is 10.5. The molecule has 1 aliphatic heterocycles. The van der Waals surface area contributed by atoms with Gasteiger partial charge in [-0.15, -0.1) is 11.8 Å². The van der Waals surface area contributed by atoms with Gasteiger partial charge in [0.25, 0.3) is 0 Å². The van der Waals surface area contributed by atoms with Crippen molar-refractivity contribution in [2.75, 3.05) is 5.75 Å². The maximum atomic E-state index is 4.22. The van der Waals surface area contributed by atoms with Crippen LogP contribution in [0.2, 0.25) is 0 Å². The van der Waals surface area contributed by atoms with Gasteiger partial charge in [0.15, 0.2) is 0 Å². The third-order valence-electron chi connectivity index (χ3n) is 4.76. The molecule has 4 heteroatoms. The number of aromatic nitrogens is 2. The standard InChI is InChI=1S/C17H21N3S/c1-2-7-17-13(4-1)14(8-11-21-17)19-15-5-3-6-16(15)20-10-9-18-12-20/h1-2,4,7,9-10,12,14-16,19H,3,5-6,8,11H2. The lowest BCUT2D eigenvalue weighted by atomic mass is 10.0. The first-order valence-corrected chi connectivity index (χ1v) is 8.85. The molecule has 1 fully saturated rings. The Morgan fingerprint density at radius 2 is 2.14 bits per heavy atom. The van der Waals surface area contributed by atoms with Crippen LogP contribution in [-0.2, 0) is 0 Å². The van der Waals surface area contributed by atoms with E-state index in [0.29, 0.717) is 18.1 Å². The molecule has 1 N–H and O–H groups in total. The lowest BCUT2D eigenvalue weighted by molar-refractivity contribution is 0.346. The Labute approximate surface area is 130 Å². The molecule has 1 saturated carbocycles. The minimum atomic E-state index is 0.511. The number of benzene rings is 1. The van der Waals surface area contributed by atoms with Crippen LogP contribution < -0.4 is 5.32 Å². The van der Waals surface area contributed by atoms with E-state index in [1.807, 2.05) is 24.3 Å². The van der Waals surface area contributed by atoms with Crippen LogP contribution in [-0.4, -0.2) is 21.3 Å². The van der Waals surface area contributed by atoms with E-state index < -0.39 is 0 Å². The van der Waals surface area contributed by atoms with Crippen molar-refractivity contribution in [2.45, 2.75) is 48.7 Å². The highest BCUT2D eigenvalue weighted by Crippen LogP contribution is 2.38. The van der Waals surface area contributed by atoms with Crippen LogP contribution in [0, 0.1) is 0 Å². The van der Waals surface area contributed by atoms with E-state index in [1.54, 1.807) is 0 Å². The van der Waals surface area contributed by atoms with Crippen LogP contribution in [0.4, 0.5) is 0 Å². The number of nitrogens with one attached hydrogen (secondary N) is 1. The van der Waals surface area contributed by atoms with Gasteiger partial charge in [-0.25, -0.2) is 4.98 Å². The molecule has 1 aromatic heterocycles. The number of fused-ring (bicyclic) bond motifs is 1. The molecule has 1 aliphatic carbocycles. The molecule has 3 atom stereocenters. The summed E-state index contributed by atoms with van der Waals surface area (Å²) in [7, 11) is 0. The Kier molecular flexibility index (Phi) is 3.74. The largest absolute Gasteiger partial charge is 0.333 e. The van der Waals surface area contributed by atoms with Gasteiger partial charge in [-0.1, -0.05) is 18.2 Å². The summed E-state index contributed by atoms with van der Waals surface area (Å²) in [4.78, 5) is 5.67. The second-order valence-electron chi connectivity index (χ2n) is 6.01. The van der Waals surface area contributed by atoms with Gasteiger partial charge in [0.2, 0.25) is 0 Å². The maximum Gasteiger partial charge on any atom is 0.0949 e. The van der Waals surface area contributed by atoms with Gasteiger partial charge in [0.1, 0.15) is 0 Å². The molecule has 3 unspecified atom stereocenters. The molecule has 4 rings (SSSR count). The molecule has 110 valence electrons. The van der Waals surface area contributed by atoms with Crippen molar-refractivity contribution in [3.8, 4) is 0 Å². The maximum absolute atomic E-state index is 4.22. The van der Waals surface area contributed by atoms with Crippen LogP contribution >= 0.6 is 11.8 Å². The Balaban J connectivity index is 1.54. The van der Waals surface area contributed by atoms with Gasteiger partial charge in [-0.2, -0.15) is 0 Å². The normalized spacial score (nSPS) is 28.5. The van der Waals surface area contributed by atoms with E-state index in [9.17, 15) is 0 Å². The Bertz CT molecular complexity index is 596. The molecule has 2 aliphatic rings. The summed E-state index contributed by atoms with van der Waals surface area (Å²) in [5.74, 6) is 1.22. The molecule has 0 bridgehead atoms. The van der Waals surface area contributed by atoms with Crippen molar-refractivity contribution in [2.24, 2.45) is 0 Å². The molecule has 2 heterocycles. The van der Waals surface area contributed by atoms with Crippen LogP contribution in [0.25, 0.3) is 0 Å². The van der Waals surface area contributed by atoms with E-state index in [1.165, 1.54) is 41.9 Å². The van der Waals surface area contributed by atoms with Crippen LogP contribution in [0.3, 0.4) is 0 Å². The third kappa shape index (κ3) is 2.62. The number of imidazole rings is 1. The highest BCUT2D eigenvalue weighted by molar-refractivity contribution is 7.99. The number of hydrogen-bond acceptors (Lipinski definition) is 3. The summed E-state index contributed by atoms with van der Waals surface area (Å²) < 4.78 is 2.29. The fourth-order valence-corrected chi connectivity index (χ4v) is 4.86. The van der Waals surface area contributed by atoms with Gasteiger partial charge in [0, 0.05) is 35.4 Å². The molecular formula is C17H21N3S. The molecule has 0 spiro atoms. The zero-order valence-electron chi connectivity index (χ0n) is 12.1. The summed E-state index contributed by atoms with van der Waals surface area (Å²) >= 11 is 1.99. The minimum absolute atomic E-state index is 0.511. The smallest absolute Gasteiger partial charge is 0.0949 e. The predicted octanol–water partition coefficient (Wildman–Crippen LogP) is 3.80. The van der Waals surface area contributed by atoms with Gasteiger partial charge in [0.05, 0.1) is 6.33 Å². The summed E-state index contributed by atoms with van der Waals surface area (Å²) in [6.07, 6.45) is 11.0. The van der Waals surface area contributed by atoms with Gasteiger partial charge in [-0.05, 0) is 43.1 Å². The first-order valence-electron chi connectivity index (χ1n) is 7.87. The Morgan fingerprint density at radius 3 is 3.05 bits per heavy atom. The quantitative estimate of drug-likeness (QED) is 0.935. The monoisotopic (exact) mass is 299 g/mol. The summed E-state index contributed by atoms with van der Waals surface area (Å²) in [6.45, 7) is 0. The second kappa shape index (κ2) is 5.85. The number of nitrogens with zero attached hydrogens (tertiary/aromatic N) is 2.